The molecule has 2 rings (SSSR count). The molecular weight excluding hydrogens is 200 g/mol. The van der Waals surface area contributed by atoms with Crippen molar-refractivity contribution in [2.45, 2.75) is 33.1 Å². The lowest BCUT2D eigenvalue weighted by atomic mass is 9.74. The summed E-state index contributed by atoms with van der Waals surface area (Å²) in [6, 6.07) is 1.83. The van der Waals surface area contributed by atoms with Crippen LogP contribution in [0.3, 0.4) is 0 Å². The van der Waals surface area contributed by atoms with E-state index in [0.717, 1.165) is 12.8 Å². The van der Waals surface area contributed by atoms with Crippen molar-refractivity contribution in [2.75, 3.05) is 0 Å². The fourth-order valence-electron chi connectivity index (χ4n) is 2.92. The van der Waals surface area contributed by atoms with E-state index in [1.807, 2.05) is 19.3 Å². The zero-order valence-electron chi connectivity index (χ0n) is 10.3. The van der Waals surface area contributed by atoms with Crippen LogP contribution < -0.4 is 0 Å². The first-order valence-corrected chi connectivity index (χ1v) is 6.10. The number of ketones is 1. The predicted octanol–water partition coefficient (Wildman–Crippen LogP) is 2.68. The first-order valence-electron chi connectivity index (χ1n) is 6.10. The number of carbonyl (C=O) groups is 1. The summed E-state index contributed by atoms with van der Waals surface area (Å²) in [5.74, 6) is 1.76. The van der Waals surface area contributed by atoms with Gasteiger partial charge >= 0.3 is 0 Å². The van der Waals surface area contributed by atoms with Gasteiger partial charge in [-0.3, -0.25) is 9.48 Å². The molecule has 1 aromatic heterocycles. The normalized spacial score (nSPS) is 30.3. The maximum Gasteiger partial charge on any atom is 0.186 e. The molecule has 0 aliphatic heterocycles. The molecule has 0 bridgehead atoms. The average molecular weight is 220 g/mol. The number of rotatable bonds is 2. The summed E-state index contributed by atoms with van der Waals surface area (Å²) in [6.07, 6.45) is 5.15. The van der Waals surface area contributed by atoms with E-state index in [1.165, 1.54) is 6.42 Å². The molecule has 88 valence electrons. The molecule has 0 aromatic carbocycles. The summed E-state index contributed by atoms with van der Waals surface area (Å²) in [7, 11) is 1.85. The largest absolute Gasteiger partial charge is 0.292 e. The van der Waals surface area contributed by atoms with Gasteiger partial charge in [0.2, 0.25) is 0 Å². The van der Waals surface area contributed by atoms with Gasteiger partial charge in [0.15, 0.2) is 5.78 Å². The Bertz CT molecular complexity index is 373. The third-order valence-electron chi connectivity index (χ3n) is 3.52. The minimum atomic E-state index is 0.189. The van der Waals surface area contributed by atoms with E-state index in [2.05, 4.69) is 18.9 Å². The van der Waals surface area contributed by atoms with Crippen LogP contribution >= 0.6 is 0 Å². The van der Waals surface area contributed by atoms with E-state index < -0.39 is 0 Å². The molecule has 0 spiro atoms. The van der Waals surface area contributed by atoms with Gasteiger partial charge in [0, 0.05) is 19.2 Å². The van der Waals surface area contributed by atoms with Crippen LogP contribution in [0.2, 0.25) is 0 Å². The molecule has 1 fully saturated rings. The highest BCUT2D eigenvalue weighted by molar-refractivity contribution is 5.96. The standard InChI is InChI=1S/C13H20N2O/c1-9-6-10(2)8-11(7-9)13(16)12-4-5-15(3)14-12/h4-5,9-11H,6-8H2,1-3H3. The maximum absolute atomic E-state index is 12.2. The molecule has 1 aromatic rings. The van der Waals surface area contributed by atoms with Gasteiger partial charge in [-0.1, -0.05) is 13.8 Å². The molecule has 3 heteroatoms. The molecule has 1 heterocycles. The lowest BCUT2D eigenvalue weighted by Crippen LogP contribution is -2.26. The van der Waals surface area contributed by atoms with Gasteiger partial charge in [0.25, 0.3) is 0 Å². The van der Waals surface area contributed by atoms with Gasteiger partial charge in [0.1, 0.15) is 5.69 Å². The monoisotopic (exact) mass is 220 g/mol. The smallest absolute Gasteiger partial charge is 0.186 e. The number of aromatic nitrogens is 2. The molecule has 16 heavy (non-hydrogen) atoms. The highest BCUT2D eigenvalue weighted by Crippen LogP contribution is 2.34. The van der Waals surface area contributed by atoms with Crippen molar-refractivity contribution in [3.05, 3.63) is 18.0 Å². The van der Waals surface area contributed by atoms with E-state index in [9.17, 15) is 4.79 Å². The van der Waals surface area contributed by atoms with E-state index >= 15 is 0 Å². The van der Waals surface area contributed by atoms with E-state index in [4.69, 9.17) is 0 Å². The quantitative estimate of drug-likeness (QED) is 0.718. The Morgan fingerprint density at radius 2 is 1.94 bits per heavy atom. The Morgan fingerprint density at radius 1 is 1.31 bits per heavy atom. The summed E-state index contributed by atoms with van der Waals surface area (Å²) in [6.45, 7) is 4.49. The highest BCUT2D eigenvalue weighted by atomic mass is 16.1. The second kappa shape index (κ2) is 4.40. The maximum atomic E-state index is 12.2. The van der Waals surface area contributed by atoms with Crippen LogP contribution in [0.1, 0.15) is 43.6 Å². The van der Waals surface area contributed by atoms with Crippen molar-refractivity contribution in [3.63, 3.8) is 0 Å². The van der Waals surface area contributed by atoms with Crippen molar-refractivity contribution < 1.29 is 4.79 Å². The number of nitrogens with zero attached hydrogens (tertiary/aromatic N) is 2. The molecule has 2 atom stereocenters. The number of carbonyl (C=O) groups excluding carboxylic acids is 1. The molecule has 1 saturated carbocycles. The van der Waals surface area contributed by atoms with Gasteiger partial charge in [-0.05, 0) is 37.2 Å². The van der Waals surface area contributed by atoms with Crippen LogP contribution in [-0.2, 0) is 7.05 Å². The number of hydrogen-bond donors (Lipinski definition) is 0. The Morgan fingerprint density at radius 3 is 2.44 bits per heavy atom. The van der Waals surface area contributed by atoms with Gasteiger partial charge in [-0.25, -0.2) is 0 Å². The van der Waals surface area contributed by atoms with Crippen LogP contribution in [0, 0.1) is 17.8 Å². The van der Waals surface area contributed by atoms with E-state index in [-0.39, 0.29) is 11.7 Å². The third kappa shape index (κ3) is 2.34. The molecule has 0 amide bonds. The summed E-state index contributed by atoms with van der Waals surface area (Å²) in [4.78, 5) is 12.2. The van der Waals surface area contributed by atoms with Gasteiger partial charge < -0.3 is 0 Å². The number of hydrogen-bond acceptors (Lipinski definition) is 2. The van der Waals surface area contributed by atoms with E-state index in [1.54, 1.807) is 4.68 Å². The zero-order valence-corrected chi connectivity index (χ0v) is 10.3. The second-order valence-corrected chi connectivity index (χ2v) is 5.35. The fraction of sp³-hybridized carbons (Fsp3) is 0.692. The molecule has 2 unspecified atom stereocenters. The molecule has 0 saturated heterocycles. The predicted molar refractivity (Wildman–Crippen MR) is 63.2 cm³/mol. The Labute approximate surface area is 96.8 Å². The first kappa shape index (κ1) is 11.4. The molecule has 0 radical (unpaired) electrons. The molecule has 0 N–H and O–H groups in total. The lowest BCUT2D eigenvalue weighted by molar-refractivity contribution is 0.0830. The van der Waals surface area contributed by atoms with Crippen LogP contribution in [0.4, 0.5) is 0 Å². The van der Waals surface area contributed by atoms with Crippen molar-refractivity contribution in [2.24, 2.45) is 24.8 Å². The molecule has 3 nitrogen and oxygen atoms in total. The van der Waals surface area contributed by atoms with Crippen LogP contribution in [0.25, 0.3) is 0 Å². The van der Waals surface area contributed by atoms with Crippen LogP contribution in [-0.4, -0.2) is 15.6 Å². The number of aryl methyl sites for hydroxylation is 1. The summed E-state index contributed by atoms with van der Waals surface area (Å²) >= 11 is 0. The topological polar surface area (TPSA) is 34.9 Å². The fourth-order valence-corrected chi connectivity index (χ4v) is 2.92. The van der Waals surface area contributed by atoms with Crippen molar-refractivity contribution >= 4 is 5.78 Å². The van der Waals surface area contributed by atoms with E-state index in [0.29, 0.717) is 17.5 Å². The zero-order chi connectivity index (χ0) is 11.7. The van der Waals surface area contributed by atoms with Gasteiger partial charge in [0.05, 0.1) is 0 Å². The molecular formula is C13H20N2O. The Balaban J connectivity index is 2.09. The van der Waals surface area contributed by atoms with Gasteiger partial charge in [-0.2, -0.15) is 5.10 Å². The van der Waals surface area contributed by atoms with Crippen molar-refractivity contribution in [3.8, 4) is 0 Å². The Kier molecular flexibility index (Phi) is 3.13. The van der Waals surface area contributed by atoms with Gasteiger partial charge in [-0.15, -0.1) is 0 Å². The SMILES string of the molecule is CC1CC(C)CC(C(=O)c2ccn(C)n2)C1. The minimum absolute atomic E-state index is 0.189. The summed E-state index contributed by atoms with van der Waals surface area (Å²) in [5.41, 5.74) is 0.633. The second-order valence-electron chi connectivity index (χ2n) is 5.35. The number of Topliss-reactive ketones (excluding diaryl/α,β-unsaturated/α-hetero) is 1. The Hall–Kier alpha value is -1.12. The first-order chi connectivity index (χ1) is 7.56. The van der Waals surface area contributed by atoms with Crippen molar-refractivity contribution in [1.29, 1.82) is 0 Å². The lowest BCUT2D eigenvalue weighted by Gasteiger charge is -2.30. The minimum Gasteiger partial charge on any atom is -0.292 e. The van der Waals surface area contributed by atoms with Crippen LogP contribution in [0.5, 0.6) is 0 Å². The third-order valence-corrected chi connectivity index (χ3v) is 3.52. The molecule has 1 aliphatic carbocycles. The summed E-state index contributed by atoms with van der Waals surface area (Å²) < 4.78 is 1.70. The summed E-state index contributed by atoms with van der Waals surface area (Å²) in [5, 5.41) is 4.20. The van der Waals surface area contributed by atoms with Crippen LogP contribution in [0.15, 0.2) is 12.3 Å². The molecule has 1 aliphatic rings. The highest BCUT2D eigenvalue weighted by Gasteiger charge is 2.30. The average Bonchev–Trinajstić information content (AvgIpc) is 2.62. The van der Waals surface area contributed by atoms with Crippen molar-refractivity contribution in [1.82, 2.24) is 9.78 Å².